The molecule has 0 aliphatic rings. The van der Waals surface area contributed by atoms with Gasteiger partial charge in [0.2, 0.25) is 0 Å². The monoisotopic (exact) mass is 132 g/mol. The molecule has 0 fully saturated rings. The Kier molecular flexibility index (Phi) is 12.8. The summed E-state index contributed by atoms with van der Waals surface area (Å²) in [5.41, 5.74) is 0. The number of allylic oxidation sites excluding steroid dienone is 1. The Balaban J connectivity index is 0. The van der Waals surface area contributed by atoms with Crippen molar-refractivity contribution in [1.82, 2.24) is 0 Å². The molecule has 0 aliphatic heterocycles. The van der Waals surface area contributed by atoms with Gasteiger partial charge in [0, 0.05) is 0 Å². The summed E-state index contributed by atoms with van der Waals surface area (Å²) >= 11 is 0. The molecular weight excluding hydrogens is 120 g/mol. The molecular formula is C6H12O3. The summed E-state index contributed by atoms with van der Waals surface area (Å²) in [7, 11) is 0. The van der Waals surface area contributed by atoms with Crippen molar-refractivity contribution in [2.45, 2.75) is 13.0 Å². The first-order valence-electron chi connectivity index (χ1n) is 2.54. The van der Waals surface area contributed by atoms with Gasteiger partial charge in [0.25, 0.3) is 0 Å². The van der Waals surface area contributed by atoms with Gasteiger partial charge in [-0.1, -0.05) is 6.58 Å². The van der Waals surface area contributed by atoms with E-state index in [1.165, 1.54) is 13.0 Å². The van der Waals surface area contributed by atoms with E-state index in [-0.39, 0.29) is 6.61 Å². The second-order valence-electron chi connectivity index (χ2n) is 1.40. The van der Waals surface area contributed by atoms with E-state index in [0.29, 0.717) is 6.29 Å². The molecule has 1 unspecified atom stereocenters. The van der Waals surface area contributed by atoms with Crippen molar-refractivity contribution in [2.24, 2.45) is 0 Å². The van der Waals surface area contributed by atoms with E-state index in [4.69, 9.17) is 15.0 Å². The Morgan fingerprint density at radius 3 is 2.00 bits per heavy atom. The number of carbonyl (C=O) groups excluding carboxylic acids is 1. The minimum atomic E-state index is -0.560. The van der Waals surface area contributed by atoms with Crippen molar-refractivity contribution in [3.8, 4) is 0 Å². The lowest BCUT2D eigenvalue weighted by atomic mass is 10.5. The smallest absolute Gasteiger partial charge is 0.142 e. The van der Waals surface area contributed by atoms with Crippen LogP contribution in [-0.4, -0.2) is 29.2 Å². The Morgan fingerprint density at radius 2 is 2.00 bits per heavy atom. The highest BCUT2D eigenvalue weighted by molar-refractivity contribution is 5.63. The van der Waals surface area contributed by atoms with Crippen LogP contribution in [0.1, 0.15) is 6.92 Å². The van der Waals surface area contributed by atoms with Crippen molar-refractivity contribution >= 4 is 6.29 Å². The SMILES string of the molecule is C=CC=O.CC(O)CO. The van der Waals surface area contributed by atoms with Gasteiger partial charge in [0.15, 0.2) is 0 Å². The molecule has 0 aliphatic carbocycles. The summed E-state index contributed by atoms with van der Waals surface area (Å²) in [6, 6.07) is 0. The first-order chi connectivity index (χ1) is 4.18. The average molecular weight is 132 g/mol. The Hall–Kier alpha value is -0.670. The number of aliphatic hydroxyl groups is 2. The third kappa shape index (κ3) is 38.4. The van der Waals surface area contributed by atoms with Crippen LogP contribution in [0.4, 0.5) is 0 Å². The molecule has 0 aromatic rings. The number of rotatable bonds is 2. The van der Waals surface area contributed by atoms with Crippen molar-refractivity contribution in [3.05, 3.63) is 12.7 Å². The summed E-state index contributed by atoms with van der Waals surface area (Å²) < 4.78 is 0. The van der Waals surface area contributed by atoms with Crippen LogP contribution in [0.2, 0.25) is 0 Å². The third-order valence-corrected chi connectivity index (χ3v) is 0.360. The van der Waals surface area contributed by atoms with Crippen LogP contribution in [0.15, 0.2) is 12.7 Å². The maximum atomic E-state index is 9.06. The fourth-order valence-corrected chi connectivity index (χ4v) is 0. The number of hydrogen-bond acceptors (Lipinski definition) is 3. The average Bonchev–Trinajstić information content (AvgIpc) is 1.89. The van der Waals surface area contributed by atoms with E-state index in [2.05, 4.69) is 6.58 Å². The molecule has 0 saturated carbocycles. The normalized spacial score (nSPS) is 10.6. The largest absolute Gasteiger partial charge is 0.394 e. The summed E-state index contributed by atoms with van der Waals surface area (Å²) in [6.07, 6.45) is 1.27. The molecule has 3 nitrogen and oxygen atoms in total. The van der Waals surface area contributed by atoms with E-state index in [1.54, 1.807) is 0 Å². The number of aldehydes is 1. The molecule has 0 aromatic carbocycles. The van der Waals surface area contributed by atoms with Gasteiger partial charge in [0.05, 0.1) is 12.7 Å². The molecule has 0 spiro atoms. The molecule has 1 atom stereocenters. The van der Waals surface area contributed by atoms with E-state index in [1.807, 2.05) is 0 Å². The Labute approximate surface area is 54.6 Å². The topological polar surface area (TPSA) is 57.5 Å². The van der Waals surface area contributed by atoms with Gasteiger partial charge < -0.3 is 10.2 Å². The van der Waals surface area contributed by atoms with E-state index in [0.717, 1.165) is 0 Å². The zero-order valence-corrected chi connectivity index (χ0v) is 5.45. The standard InChI is InChI=1S/C3H8O2.C3H4O/c1-3(5)2-4;1-2-3-4/h3-5H,2H2,1H3;2-3H,1H2. The van der Waals surface area contributed by atoms with Gasteiger partial charge >= 0.3 is 0 Å². The summed E-state index contributed by atoms with van der Waals surface area (Å²) in [5, 5.41) is 16.0. The van der Waals surface area contributed by atoms with Crippen LogP contribution in [0, 0.1) is 0 Å². The van der Waals surface area contributed by atoms with Gasteiger partial charge in [-0.15, -0.1) is 0 Å². The number of carbonyl (C=O) groups is 1. The predicted octanol–water partition coefficient (Wildman–Crippen LogP) is -0.269. The zero-order chi connectivity index (χ0) is 7.70. The van der Waals surface area contributed by atoms with E-state index < -0.39 is 6.10 Å². The molecule has 9 heavy (non-hydrogen) atoms. The second-order valence-corrected chi connectivity index (χ2v) is 1.40. The maximum Gasteiger partial charge on any atom is 0.142 e. The zero-order valence-electron chi connectivity index (χ0n) is 5.45. The third-order valence-electron chi connectivity index (χ3n) is 0.360. The molecule has 0 rings (SSSR count). The van der Waals surface area contributed by atoms with Gasteiger partial charge in [-0.3, -0.25) is 4.79 Å². The molecule has 0 radical (unpaired) electrons. The van der Waals surface area contributed by atoms with Gasteiger partial charge in [-0.2, -0.15) is 0 Å². The van der Waals surface area contributed by atoms with Crippen LogP contribution < -0.4 is 0 Å². The first-order valence-corrected chi connectivity index (χ1v) is 2.54. The molecule has 3 heteroatoms. The highest BCUT2D eigenvalue weighted by Crippen LogP contribution is 1.68. The van der Waals surface area contributed by atoms with Crippen LogP contribution in [0.5, 0.6) is 0 Å². The highest BCUT2D eigenvalue weighted by atomic mass is 16.3. The van der Waals surface area contributed by atoms with Gasteiger partial charge in [-0.05, 0) is 13.0 Å². The minimum absolute atomic E-state index is 0.139. The van der Waals surface area contributed by atoms with Gasteiger partial charge in [-0.25, -0.2) is 0 Å². The van der Waals surface area contributed by atoms with Crippen LogP contribution in [0.3, 0.4) is 0 Å². The molecule has 0 bridgehead atoms. The summed E-state index contributed by atoms with van der Waals surface area (Å²) in [4.78, 5) is 9.06. The quantitative estimate of drug-likeness (QED) is 0.401. The lowest BCUT2D eigenvalue weighted by molar-refractivity contribution is -0.104. The fraction of sp³-hybridized carbons (Fsp3) is 0.500. The highest BCUT2D eigenvalue weighted by Gasteiger charge is 1.83. The Morgan fingerprint density at radius 1 is 1.78 bits per heavy atom. The van der Waals surface area contributed by atoms with Crippen molar-refractivity contribution in [2.75, 3.05) is 6.61 Å². The number of aliphatic hydroxyl groups excluding tert-OH is 2. The first kappa shape index (κ1) is 11.2. The summed E-state index contributed by atoms with van der Waals surface area (Å²) in [5.74, 6) is 0. The molecule has 54 valence electrons. The van der Waals surface area contributed by atoms with Crippen LogP contribution >= 0.6 is 0 Å². The maximum absolute atomic E-state index is 9.06. The lowest BCUT2D eigenvalue weighted by Gasteiger charge is -1.90. The molecule has 0 saturated heterocycles. The second kappa shape index (κ2) is 10.3. The minimum Gasteiger partial charge on any atom is -0.394 e. The van der Waals surface area contributed by atoms with E-state index >= 15 is 0 Å². The molecule has 0 amide bonds. The Bertz CT molecular complexity index is 62.7. The van der Waals surface area contributed by atoms with Crippen molar-refractivity contribution in [1.29, 1.82) is 0 Å². The van der Waals surface area contributed by atoms with Crippen LogP contribution in [-0.2, 0) is 4.79 Å². The fourth-order valence-electron chi connectivity index (χ4n) is 0. The van der Waals surface area contributed by atoms with Crippen molar-refractivity contribution in [3.63, 3.8) is 0 Å². The molecule has 2 N–H and O–H groups in total. The molecule has 0 heterocycles. The van der Waals surface area contributed by atoms with E-state index in [9.17, 15) is 0 Å². The predicted molar refractivity (Wildman–Crippen MR) is 35.0 cm³/mol. The molecule has 0 aromatic heterocycles. The summed E-state index contributed by atoms with van der Waals surface area (Å²) in [6.45, 7) is 4.50. The van der Waals surface area contributed by atoms with Crippen molar-refractivity contribution < 1.29 is 15.0 Å². The number of hydrogen-bond donors (Lipinski definition) is 2. The lowest BCUT2D eigenvalue weighted by Crippen LogP contribution is -2.03. The van der Waals surface area contributed by atoms with Crippen LogP contribution in [0.25, 0.3) is 0 Å². The van der Waals surface area contributed by atoms with Gasteiger partial charge in [0.1, 0.15) is 6.29 Å².